The van der Waals surface area contributed by atoms with Crippen molar-refractivity contribution in [1.29, 1.82) is 0 Å². The molecule has 19 N–H and O–H groups in total. The second-order valence-corrected chi connectivity index (χ2v) is 35.3. The van der Waals surface area contributed by atoms with Crippen LogP contribution >= 0.6 is 0 Å². The van der Waals surface area contributed by atoms with Gasteiger partial charge in [-0.2, -0.15) is 0 Å². The van der Waals surface area contributed by atoms with E-state index in [-0.39, 0.29) is 92.4 Å². The van der Waals surface area contributed by atoms with E-state index >= 15 is 0 Å². The zero-order valence-electron chi connectivity index (χ0n) is 83.0. The molecule has 8 aromatic carbocycles. The number of ether oxygens (including phenoxy) is 4. The lowest BCUT2D eigenvalue weighted by atomic mass is 10.1. The van der Waals surface area contributed by atoms with Crippen LogP contribution in [-0.4, -0.2) is 158 Å². The van der Waals surface area contributed by atoms with E-state index < -0.39 is 111 Å². The fourth-order valence-electron chi connectivity index (χ4n) is 12.7. The molecule has 0 unspecified atom stereocenters. The molecule has 0 atom stereocenters. The fraction of sp³-hybridized carbons (Fsp3) is 0.275. The number of hydrogen-bond donors (Lipinski definition) is 16. The molecule has 5 heterocycles. The molecule has 8 amide bonds. The number of hydroxylamine groups is 4. The van der Waals surface area contributed by atoms with Crippen LogP contribution in [0, 0.1) is 20.8 Å². The van der Waals surface area contributed by atoms with E-state index in [1.165, 1.54) is 38.1 Å². The first-order valence-corrected chi connectivity index (χ1v) is 44.1. The molecule has 43 heteroatoms. The summed E-state index contributed by atoms with van der Waals surface area (Å²) in [6.45, 7) is 30.8. The van der Waals surface area contributed by atoms with Gasteiger partial charge in [-0.05, 0) is 202 Å². The van der Waals surface area contributed by atoms with Gasteiger partial charge in [0.2, 0.25) is 17.6 Å². The molecule has 0 aliphatic carbocycles. The summed E-state index contributed by atoms with van der Waals surface area (Å²) < 4.78 is 21.1. The van der Waals surface area contributed by atoms with Gasteiger partial charge in [-0.25, -0.2) is 25.1 Å². The van der Waals surface area contributed by atoms with Crippen molar-refractivity contribution < 1.29 is 128 Å². The number of aryl methyl sites for hydroxylation is 3. The van der Waals surface area contributed by atoms with E-state index in [4.69, 9.17) is 71.5 Å². The highest BCUT2D eigenvalue weighted by Crippen LogP contribution is 2.30. The third-order valence-corrected chi connectivity index (χ3v) is 19.2. The summed E-state index contributed by atoms with van der Waals surface area (Å²) in [6.07, 6.45) is -2.21. The average Bonchev–Trinajstić information content (AvgIpc) is 1.54. The lowest BCUT2D eigenvalue weighted by molar-refractivity contribution is -0.100. The fourth-order valence-corrected chi connectivity index (χ4v) is 12.7. The Morgan fingerprint density at radius 1 is 0.345 bits per heavy atom. The van der Waals surface area contributed by atoms with Crippen molar-refractivity contribution in [1.82, 2.24) is 24.3 Å². The van der Waals surface area contributed by atoms with Crippen molar-refractivity contribution >= 4 is 99.3 Å². The number of hydrogen-bond acceptors (Lipinski definition) is 34. The number of Topliss-reactive ketones (excluding diaryl/α,β-unsaturated/α-hetero) is 1. The Morgan fingerprint density at radius 3 is 0.903 bits per heavy atom. The number of aromatic hydroxyl groups is 3. The van der Waals surface area contributed by atoms with Crippen molar-refractivity contribution in [2.75, 3.05) is 32.7 Å². The van der Waals surface area contributed by atoms with E-state index in [1.54, 1.807) is 223 Å². The van der Waals surface area contributed by atoms with Crippen LogP contribution in [0.3, 0.4) is 0 Å². The largest absolute Gasteiger partial charge is 0.492 e. The Hall–Kier alpha value is -17.3. The van der Waals surface area contributed by atoms with E-state index in [2.05, 4.69) is 36.4 Å². The molecular weight excluding hydrogens is 1890 g/mol. The highest BCUT2D eigenvalue weighted by molar-refractivity contribution is 6.21. The molecule has 145 heavy (non-hydrogen) atoms. The number of imide groups is 2. The molecule has 0 fully saturated rings. The quantitative estimate of drug-likeness (QED) is 0.00492. The van der Waals surface area contributed by atoms with E-state index in [9.17, 15) is 83.3 Å². The van der Waals surface area contributed by atoms with Crippen LogP contribution in [0.4, 0.5) is 53.3 Å². The lowest BCUT2D eigenvalue weighted by Gasteiger charge is -2.21. The molecule has 2 aliphatic heterocycles. The monoisotopic (exact) mass is 2000 g/mol. The molecular formula is C102H120N14O29. The summed E-state index contributed by atoms with van der Waals surface area (Å²) in [7, 11) is 0. The van der Waals surface area contributed by atoms with Crippen LogP contribution in [0.5, 0.6) is 17.6 Å². The summed E-state index contributed by atoms with van der Waals surface area (Å²) in [5.74, 6) is 0.383. The Bertz CT molecular complexity index is 6630. The maximum Gasteiger partial charge on any atom is 0.412 e. The second-order valence-electron chi connectivity index (χ2n) is 35.3. The number of nitrogens with zero attached hydrogens (tertiary/aromatic N) is 7. The Kier molecular flexibility index (Phi) is 42.9. The number of pyridine rings is 3. The second kappa shape index (κ2) is 53.4. The highest BCUT2D eigenvalue weighted by Gasteiger charge is 2.38. The van der Waals surface area contributed by atoms with Crippen molar-refractivity contribution in [2.45, 2.75) is 187 Å². The molecule has 0 spiro atoms. The topological polar surface area (TPSA) is 633 Å². The molecule has 772 valence electrons. The zero-order valence-corrected chi connectivity index (χ0v) is 83.0. The summed E-state index contributed by atoms with van der Waals surface area (Å²) in [6, 6.07) is 59.0. The standard InChI is InChI=1S/C20H25N3O6.C20H20N2O5.C15H17N3O4.C12H18N2O3.C12H17NO3.C8H9NO4.C8H5NO3.C7H9NO/c1-12-10-16(24)23(27)18(25)17(12)13(2)22-28-11-14-8-6-7-9-15(14)21-19(26)29-20(3,4)5;1-20(2,3)27-19(25)21-16-11-7-4-8-13(16)12-26-22-17(23)14-9-5-6-10-15(14)18(22)24;1-9-7-13(19)18(21)15(20)14(9)10(2)17-22-8-11-5-3-4-6-12(11)16;1-12(2,3)17-11(15)14-10-7-5-4-6-9(10)8-16-13;1-12(2,3)16-11(15)13-10-7-5-4-6-9(10)8-14;1-4-3-6(11)9(13)8(12)7(4)5(2)10;10-7-5-3-1-2-4-6(5)8(11)9(7)12;8-7-4-2-1-3-6(7)5-9/h6-10,25,27H,11H2,1-5H3,(H,21,26);4-11H,12H2,1-3H3,(H,21,25);3-7,20-21H,8,16H2,1-2H3;4-7H,8,13H2,1-3H3,(H,14,15);4-7,14H,8H2,1-3H3,(H,13,15);3,12-13H,1-2H3;1-4,12H;1-4,9H,5,8H2. The third-order valence-electron chi connectivity index (χ3n) is 19.2. The summed E-state index contributed by atoms with van der Waals surface area (Å²) >= 11 is 0. The number of ketones is 1. The first-order valence-electron chi connectivity index (χ1n) is 44.1. The molecule has 0 radical (unpaired) electrons. The molecule has 0 bridgehead atoms. The number of nitrogen functional groups attached to an aromatic ring is 2. The maximum atomic E-state index is 12.3. The number of nitrogens with two attached hydrogens (primary N) is 3. The summed E-state index contributed by atoms with van der Waals surface area (Å²) in [4.78, 5) is 159. The van der Waals surface area contributed by atoms with Gasteiger partial charge in [-0.15, -0.1) is 24.3 Å². The van der Waals surface area contributed by atoms with Gasteiger partial charge in [0, 0.05) is 80.0 Å². The molecule has 3 aromatic heterocycles. The Labute approximate surface area is 833 Å². The number of para-hydroxylation sites is 6. The predicted octanol–water partition coefficient (Wildman–Crippen LogP) is 15.5. The number of carbonyl (C=O) groups excluding carboxylic acids is 9. The maximum absolute atomic E-state index is 12.3. The minimum atomic E-state index is -0.764. The van der Waals surface area contributed by atoms with Crippen LogP contribution < -0.4 is 55.3 Å². The minimum Gasteiger partial charge on any atom is -0.492 e. The number of benzene rings is 8. The Balaban J connectivity index is 0.000000259. The lowest BCUT2D eigenvalue weighted by Crippen LogP contribution is -2.30. The number of anilines is 6. The average molecular weight is 2010 g/mol. The highest BCUT2D eigenvalue weighted by atomic mass is 16.7. The number of carbonyl (C=O) groups is 9. The number of fused-ring (bicyclic) bond motifs is 2. The van der Waals surface area contributed by atoms with Crippen molar-refractivity contribution in [3.8, 4) is 17.6 Å². The number of oxime groups is 2. The van der Waals surface area contributed by atoms with E-state index in [0.717, 1.165) is 27.8 Å². The van der Waals surface area contributed by atoms with Gasteiger partial charge in [-0.1, -0.05) is 144 Å². The van der Waals surface area contributed by atoms with Crippen LogP contribution in [0.15, 0.2) is 237 Å². The van der Waals surface area contributed by atoms with Crippen molar-refractivity contribution in [2.24, 2.45) is 16.2 Å². The number of nitrogens with one attached hydrogen (secondary N) is 4. The van der Waals surface area contributed by atoms with Crippen molar-refractivity contribution in [3.63, 3.8) is 0 Å². The van der Waals surface area contributed by atoms with Gasteiger partial charge >= 0.3 is 24.4 Å². The number of aromatic nitrogens is 3. The van der Waals surface area contributed by atoms with Gasteiger partial charge in [0.25, 0.3) is 40.3 Å². The molecule has 0 saturated heterocycles. The minimum absolute atomic E-state index is 0.0205. The first kappa shape index (κ1) is 116. The van der Waals surface area contributed by atoms with Gasteiger partial charge in [-0.3, -0.25) is 74.5 Å². The van der Waals surface area contributed by atoms with Crippen LogP contribution in [0.1, 0.15) is 217 Å². The SMILES string of the molecule is CC(=NOCc1ccccc1N)c1c(C)cc(=O)n(O)c1O.CC(=NOCc1ccccc1NC(=O)OC(C)(C)C)c1c(C)cc(=O)n(O)c1O.CC(=O)c1c(C)cc(=O)n(O)c1O.CC(C)(C)OC(=O)Nc1ccccc1CO.CC(C)(C)OC(=O)Nc1ccccc1CON.CC(C)(C)OC(=O)Nc1ccccc1CON1C(=O)c2ccccc2C1=O.Nc1ccccc1CO.O=C1c2ccccc2C(=O)N1O. The van der Waals surface area contributed by atoms with Crippen LogP contribution in [0.25, 0.3) is 0 Å². The van der Waals surface area contributed by atoms with Gasteiger partial charge < -0.3 is 81.2 Å². The van der Waals surface area contributed by atoms with Crippen LogP contribution in [-0.2, 0) is 77.9 Å². The smallest absolute Gasteiger partial charge is 0.412 e. The third kappa shape index (κ3) is 35.8. The number of amides is 8. The molecule has 43 nitrogen and oxygen atoms in total. The predicted molar refractivity (Wildman–Crippen MR) is 535 cm³/mol. The van der Waals surface area contributed by atoms with Gasteiger partial charge in [0.1, 0.15) is 42.2 Å². The first-order chi connectivity index (χ1) is 68.0. The summed E-state index contributed by atoms with van der Waals surface area (Å²) in [5.41, 5.74) is 17.8. The molecule has 2 aliphatic rings. The van der Waals surface area contributed by atoms with Gasteiger partial charge in [0.05, 0.1) is 75.9 Å². The molecule has 11 aromatic rings. The Morgan fingerprint density at radius 2 is 0.600 bits per heavy atom. The number of aliphatic hydroxyl groups excluding tert-OH is 2. The molecule has 13 rings (SSSR count). The zero-order chi connectivity index (χ0) is 108. The van der Waals surface area contributed by atoms with Gasteiger partial charge in [0.15, 0.2) is 5.78 Å². The van der Waals surface area contributed by atoms with Crippen molar-refractivity contribution in [3.05, 3.63) is 332 Å². The summed E-state index contributed by atoms with van der Waals surface area (Å²) in [5, 5.41) is 103. The number of rotatable bonds is 20. The van der Waals surface area contributed by atoms with E-state index in [0.29, 0.717) is 84.3 Å². The van der Waals surface area contributed by atoms with E-state index in [1.807, 2.05) is 69.3 Å². The normalized spacial score (nSPS) is 11.9. The number of aliphatic hydroxyl groups is 2. The molecule has 0 saturated carbocycles. The van der Waals surface area contributed by atoms with Crippen LogP contribution in [0.2, 0.25) is 0 Å².